The number of carbonyl (C=O) groups excluding carboxylic acids is 2. The van der Waals surface area contributed by atoms with Gasteiger partial charge in [0.2, 0.25) is 0 Å². The van der Waals surface area contributed by atoms with Gasteiger partial charge < -0.3 is 20.9 Å². The first kappa shape index (κ1) is 26.6. The molecule has 4 rings (SSSR count). The van der Waals surface area contributed by atoms with Crippen molar-refractivity contribution in [2.45, 2.75) is 32.8 Å². The summed E-state index contributed by atoms with van der Waals surface area (Å²) in [6, 6.07) is 13.2. The number of aromatic nitrogens is 1. The molecule has 194 valence electrons. The molecule has 1 amide bonds. The first-order chi connectivity index (χ1) is 18.2. The third kappa shape index (κ3) is 5.92. The predicted molar refractivity (Wildman–Crippen MR) is 145 cm³/mol. The third-order valence-corrected chi connectivity index (χ3v) is 6.59. The van der Waals surface area contributed by atoms with E-state index in [1.807, 2.05) is 0 Å². The van der Waals surface area contributed by atoms with Gasteiger partial charge in [0.1, 0.15) is 5.69 Å². The molecule has 1 aliphatic carbocycles. The molecule has 0 unspecified atom stereocenters. The van der Waals surface area contributed by atoms with Crippen LogP contribution < -0.4 is 5.32 Å². The van der Waals surface area contributed by atoms with Crippen molar-refractivity contribution in [3.05, 3.63) is 94.3 Å². The fraction of sp³-hybridized carbons (Fsp3) is 0.233. The Labute approximate surface area is 220 Å². The average Bonchev–Trinajstić information content (AvgIpc) is 3.75. The van der Waals surface area contributed by atoms with Crippen LogP contribution in [0, 0.1) is 11.3 Å². The summed E-state index contributed by atoms with van der Waals surface area (Å²) in [5.74, 6) is -1.61. The zero-order chi connectivity index (χ0) is 27.4. The molecule has 1 saturated carbocycles. The Morgan fingerprint density at radius 1 is 1.11 bits per heavy atom. The van der Waals surface area contributed by atoms with Crippen molar-refractivity contribution in [1.29, 1.82) is 5.41 Å². The van der Waals surface area contributed by atoms with Crippen molar-refractivity contribution in [1.82, 2.24) is 10.3 Å². The first-order valence-electron chi connectivity index (χ1n) is 12.3. The van der Waals surface area contributed by atoms with Gasteiger partial charge in [-0.2, -0.15) is 0 Å². The molecule has 1 fully saturated rings. The highest BCUT2D eigenvalue weighted by atomic mass is 16.4. The Balaban J connectivity index is 1.76. The number of carboxylic acids is 1. The number of nitrogens with one attached hydrogen (secondary N) is 2. The standard InChI is InChI=1S/C30H29N3O5/c1-3-20-13-25(27(35)12-18-6-8-21(9-7-18)17(2)31)24(14-22(20)16-34)23-10-11-26(33-28(23)30(37)38)29(36)32-15-19-4-5-19/h3,6-11,13-14,19,31,34H,1,4-5,12,15-16H2,2H3,(H,32,36)(H,37,38). The third-order valence-electron chi connectivity index (χ3n) is 6.59. The van der Waals surface area contributed by atoms with Gasteiger partial charge in [-0.15, -0.1) is 0 Å². The summed E-state index contributed by atoms with van der Waals surface area (Å²) in [4.78, 5) is 42.4. The number of Topliss-reactive ketones (excluding diaryl/α,β-unsaturated/α-hetero) is 1. The lowest BCUT2D eigenvalue weighted by Crippen LogP contribution is -2.27. The van der Waals surface area contributed by atoms with Crippen molar-refractivity contribution < 1.29 is 24.6 Å². The number of hydrogen-bond acceptors (Lipinski definition) is 6. The molecular formula is C30H29N3O5. The number of pyridine rings is 1. The van der Waals surface area contributed by atoms with E-state index in [0.29, 0.717) is 34.9 Å². The molecular weight excluding hydrogens is 482 g/mol. The lowest BCUT2D eigenvalue weighted by molar-refractivity contribution is 0.0691. The number of carboxylic acid groups (broad SMARTS) is 1. The monoisotopic (exact) mass is 511 g/mol. The van der Waals surface area contributed by atoms with E-state index in [4.69, 9.17) is 5.41 Å². The van der Waals surface area contributed by atoms with E-state index in [1.165, 1.54) is 18.2 Å². The summed E-state index contributed by atoms with van der Waals surface area (Å²) >= 11 is 0. The summed E-state index contributed by atoms with van der Waals surface area (Å²) in [5.41, 5.74) is 3.25. The molecule has 8 nitrogen and oxygen atoms in total. The molecule has 0 saturated heterocycles. The molecule has 0 atom stereocenters. The highest BCUT2D eigenvalue weighted by molar-refractivity contribution is 6.07. The number of aliphatic hydroxyl groups is 1. The van der Waals surface area contributed by atoms with Crippen LogP contribution in [0.2, 0.25) is 0 Å². The van der Waals surface area contributed by atoms with E-state index in [0.717, 1.165) is 24.0 Å². The lowest BCUT2D eigenvalue weighted by atomic mass is 9.89. The van der Waals surface area contributed by atoms with Gasteiger partial charge in [-0.3, -0.25) is 9.59 Å². The number of carbonyl (C=O) groups is 3. The lowest BCUT2D eigenvalue weighted by Gasteiger charge is -2.16. The van der Waals surface area contributed by atoms with Gasteiger partial charge in [-0.1, -0.05) is 36.9 Å². The predicted octanol–water partition coefficient (Wildman–Crippen LogP) is 4.54. The fourth-order valence-corrected chi connectivity index (χ4v) is 4.21. The van der Waals surface area contributed by atoms with Gasteiger partial charge in [-0.05, 0) is 77.8 Å². The molecule has 4 N–H and O–H groups in total. The van der Waals surface area contributed by atoms with E-state index < -0.39 is 11.9 Å². The molecule has 0 aliphatic heterocycles. The van der Waals surface area contributed by atoms with Crippen LogP contribution >= 0.6 is 0 Å². The van der Waals surface area contributed by atoms with Gasteiger partial charge in [0, 0.05) is 29.8 Å². The van der Waals surface area contributed by atoms with Gasteiger partial charge in [0.25, 0.3) is 5.91 Å². The molecule has 1 aliphatic rings. The molecule has 0 spiro atoms. The molecule has 8 heteroatoms. The zero-order valence-corrected chi connectivity index (χ0v) is 21.1. The Bertz CT molecular complexity index is 1440. The van der Waals surface area contributed by atoms with E-state index >= 15 is 0 Å². The SMILES string of the molecule is C=Cc1cc(C(=O)Cc2ccc(C(C)=N)cc2)c(-c2ccc(C(=O)NCC3CC3)nc2C(=O)O)cc1CO. The first-order valence-corrected chi connectivity index (χ1v) is 12.3. The van der Waals surface area contributed by atoms with Crippen LogP contribution in [-0.2, 0) is 13.0 Å². The minimum Gasteiger partial charge on any atom is -0.476 e. The largest absolute Gasteiger partial charge is 0.476 e. The Kier molecular flexibility index (Phi) is 7.93. The smallest absolute Gasteiger partial charge is 0.355 e. The van der Waals surface area contributed by atoms with Gasteiger partial charge >= 0.3 is 5.97 Å². The second-order valence-electron chi connectivity index (χ2n) is 9.43. The number of nitrogens with zero attached hydrogens (tertiary/aromatic N) is 1. The molecule has 38 heavy (non-hydrogen) atoms. The normalized spacial score (nSPS) is 12.6. The number of amides is 1. The van der Waals surface area contributed by atoms with Gasteiger partial charge in [0.05, 0.1) is 6.61 Å². The quantitative estimate of drug-likeness (QED) is 0.220. The maximum Gasteiger partial charge on any atom is 0.355 e. The van der Waals surface area contributed by atoms with E-state index in [1.54, 1.807) is 43.3 Å². The minimum atomic E-state index is -1.34. The summed E-state index contributed by atoms with van der Waals surface area (Å²) in [5, 5.41) is 30.4. The van der Waals surface area contributed by atoms with E-state index in [9.17, 15) is 24.6 Å². The Morgan fingerprint density at radius 3 is 2.39 bits per heavy atom. The van der Waals surface area contributed by atoms with Crippen LogP contribution in [0.15, 0.2) is 55.1 Å². The van der Waals surface area contributed by atoms with E-state index in [-0.39, 0.29) is 41.3 Å². The average molecular weight is 512 g/mol. The molecule has 0 bridgehead atoms. The van der Waals surface area contributed by atoms with Crippen molar-refractivity contribution in [3.63, 3.8) is 0 Å². The van der Waals surface area contributed by atoms with Gasteiger partial charge in [-0.25, -0.2) is 9.78 Å². The highest BCUT2D eigenvalue weighted by Gasteiger charge is 2.25. The molecule has 1 aromatic heterocycles. The van der Waals surface area contributed by atoms with E-state index in [2.05, 4.69) is 16.9 Å². The van der Waals surface area contributed by atoms with Crippen LogP contribution in [0.4, 0.5) is 0 Å². The summed E-state index contributed by atoms with van der Waals surface area (Å²) in [7, 11) is 0. The van der Waals surface area contributed by atoms with Crippen molar-refractivity contribution in [2.24, 2.45) is 5.92 Å². The summed E-state index contributed by atoms with van der Waals surface area (Å²) in [6.07, 6.45) is 3.68. The van der Waals surface area contributed by atoms with Crippen LogP contribution in [0.5, 0.6) is 0 Å². The van der Waals surface area contributed by atoms with Crippen molar-refractivity contribution >= 4 is 29.4 Å². The molecule has 2 aromatic carbocycles. The van der Waals surface area contributed by atoms with Crippen LogP contribution in [0.1, 0.15) is 73.4 Å². The van der Waals surface area contributed by atoms with Crippen LogP contribution in [0.25, 0.3) is 17.2 Å². The number of benzene rings is 2. The van der Waals surface area contributed by atoms with Crippen molar-refractivity contribution in [2.75, 3.05) is 6.54 Å². The van der Waals surface area contributed by atoms with Crippen LogP contribution in [-0.4, -0.2) is 45.1 Å². The summed E-state index contributed by atoms with van der Waals surface area (Å²) in [6.45, 7) is 5.63. The number of aromatic carboxylic acids is 1. The Morgan fingerprint density at radius 2 is 1.82 bits per heavy atom. The van der Waals surface area contributed by atoms with Crippen molar-refractivity contribution in [3.8, 4) is 11.1 Å². The molecule has 3 aromatic rings. The highest BCUT2D eigenvalue weighted by Crippen LogP contribution is 2.32. The Hall–Kier alpha value is -4.43. The minimum absolute atomic E-state index is 0.0219. The number of rotatable bonds is 11. The second-order valence-corrected chi connectivity index (χ2v) is 9.43. The van der Waals surface area contributed by atoms with Gasteiger partial charge in [0.15, 0.2) is 11.5 Å². The fourth-order valence-electron chi connectivity index (χ4n) is 4.21. The molecule has 1 heterocycles. The molecule has 0 radical (unpaired) electrons. The zero-order valence-electron chi connectivity index (χ0n) is 21.1. The number of hydrogen-bond donors (Lipinski definition) is 4. The summed E-state index contributed by atoms with van der Waals surface area (Å²) < 4.78 is 0. The topological polar surface area (TPSA) is 140 Å². The second kappa shape index (κ2) is 11.3. The van der Waals surface area contributed by atoms with Crippen LogP contribution in [0.3, 0.4) is 0 Å². The number of aliphatic hydroxyl groups excluding tert-OH is 1. The maximum absolute atomic E-state index is 13.5. The maximum atomic E-state index is 13.5. The number of ketones is 1.